The van der Waals surface area contributed by atoms with Crippen molar-refractivity contribution < 1.29 is 13.9 Å². The van der Waals surface area contributed by atoms with Gasteiger partial charge in [0, 0.05) is 19.1 Å². The molecule has 0 aromatic heterocycles. The number of aliphatic hydroxyl groups is 1. The van der Waals surface area contributed by atoms with E-state index in [1.807, 2.05) is 18.2 Å². The first-order valence-corrected chi connectivity index (χ1v) is 11.1. The van der Waals surface area contributed by atoms with Gasteiger partial charge in [-0.05, 0) is 66.2 Å². The molecule has 1 aliphatic heterocycles. The lowest BCUT2D eigenvalue weighted by Gasteiger charge is -2.33. The summed E-state index contributed by atoms with van der Waals surface area (Å²) in [7, 11) is 0. The molecule has 30 heavy (non-hydrogen) atoms. The number of nitrogens with two attached hydrogens (primary N) is 1. The number of halogens is 2. The van der Waals surface area contributed by atoms with Crippen LogP contribution in [0.2, 0.25) is 0 Å². The Morgan fingerprint density at radius 3 is 2.53 bits per heavy atom. The Hall–Kier alpha value is -1.82. The van der Waals surface area contributed by atoms with Crippen molar-refractivity contribution >= 4 is 0 Å². The quantitative estimate of drug-likeness (QED) is 0.742. The van der Waals surface area contributed by atoms with Gasteiger partial charge in [0.25, 0.3) is 0 Å². The average molecular weight is 415 g/mol. The van der Waals surface area contributed by atoms with Gasteiger partial charge < -0.3 is 10.8 Å². The van der Waals surface area contributed by atoms with Crippen LogP contribution in [-0.2, 0) is 0 Å². The van der Waals surface area contributed by atoms with Gasteiger partial charge in [-0.1, -0.05) is 44.2 Å². The SMILES string of the molecule is CC1CN(C(O)C(C)C2CC2c2ccccc2-c2c(F)cccc2F)CCCC1N. The average Bonchev–Trinajstić information content (AvgIpc) is 3.53. The fourth-order valence-electron chi connectivity index (χ4n) is 5.16. The number of nitrogens with zero attached hydrogens (tertiary/aromatic N) is 1. The number of rotatable bonds is 5. The number of benzene rings is 2. The van der Waals surface area contributed by atoms with Crippen LogP contribution in [0.15, 0.2) is 42.5 Å². The minimum atomic E-state index is -0.539. The summed E-state index contributed by atoms with van der Waals surface area (Å²) in [6.45, 7) is 5.91. The number of aliphatic hydroxyl groups excluding tert-OH is 1. The largest absolute Gasteiger partial charge is 0.378 e. The predicted octanol–water partition coefficient (Wildman–Crippen LogP) is 4.75. The monoisotopic (exact) mass is 414 g/mol. The lowest BCUT2D eigenvalue weighted by molar-refractivity contribution is -0.0453. The zero-order valence-corrected chi connectivity index (χ0v) is 17.8. The standard InChI is InChI=1S/C25H32F2N2O/c1-15-14-29(12-6-11-23(15)28)25(30)16(2)19-13-20(19)17-7-3-4-8-18(17)24-21(26)9-5-10-22(24)27/h3-5,7-10,15-16,19-20,23,25,30H,6,11-14,28H2,1-2H3. The maximum absolute atomic E-state index is 14.4. The Morgan fingerprint density at radius 1 is 1.10 bits per heavy atom. The second-order valence-electron chi connectivity index (χ2n) is 9.24. The molecule has 2 aliphatic rings. The van der Waals surface area contributed by atoms with Crippen LogP contribution in [0, 0.1) is 29.4 Å². The highest BCUT2D eigenvalue weighted by atomic mass is 19.1. The summed E-state index contributed by atoms with van der Waals surface area (Å²) in [6.07, 6.45) is 2.39. The van der Waals surface area contributed by atoms with Gasteiger partial charge in [0.05, 0.1) is 5.56 Å². The number of hydrogen-bond donors (Lipinski definition) is 2. The van der Waals surface area contributed by atoms with Crippen molar-refractivity contribution in [3.8, 4) is 11.1 Å². The maximum Gasteiger partial charge on any atom is 0.133 e. The van der Waals surface area contributed by atoms with Crippen LogP contribution >= 0.6 is 0 Å². The first-order chi connectivity index (χ1) is 14.4. The molecule has 1 saturated heterocycles. The second-order valence-corrected chi connectivity index (χ2v) is 9.24. The molecule has 0 bridgehead atoms. The Balaban J connectivity index is 1.52. The minimum absolute atomic E-state index is 0.0438. The zero-order valence-electron chi connectivity index (χ0n) is 17.8. The first kappa shape index (κ1) is 21.4. The fourth-order valence-corrected chi connectivity index (χ4v) is 5.16. The van der Waals surface area contributed by atoms with Gasteiger partial charge >= 0.3 is 0 Å². The lowest BCUT2D eigenvalue weighted by Crippen LogP contribution is -2.44. The summed E-state index contributed by atoms with van der Waals surface area (Å²) < 4.78 is 28.9. The van der Waals surface area contributed by atoms with Crippen molar-refractivity contribution in [1.29, 1.82) is 0 Å². The summed E-state index contributed by atoms with van der Waals surface area (Å²) in [5, 5.41) is 11.1. The molecule has 3 nitrogen and oxygen atoms in total. The fraction of sp³-hybridized carbons (Fsp3) is 0.520. The van der Waals surface area contributed by atoms with Crippen LogP contribution < -0.4 is 5.73 Å². The van der Waals surface area contributed by atoms with Crippen molar-refractivity contribution in [3.63, 3.8) is 0 Å². The van der Waals surface area contributed by atoms with E-state index < -0.39 is 17.9 Å². The van der Waals surface area contributed by atoms with Crippen molar-refractivity contribution in [2.24, 2.45) is 23.5 Å². The van der Waals surface area contributed by atoms with E-state index in [2.05, 4.69) is 18.7 Å². The van der Waals surface area contributed by atoms with Gasteiger partial charge in [-0.25, -0.2) is 8.78 Å². The number of hydrogen-bond acceptors (Lipinski definition) is 3. The molecule has 0 radical (unpaired) electrons. The van der Waals surface area contributed by atoms with E-state index in [1.165, 1.54) is 18.2 Å². The van der Waals surface area contributed by atoms with Crippen LogP contribution in [0.1, 0.15) is 44.6 Å². The molecule has 2 aromatic carbocycles. The Morgan fingerprint density at radius 2 is 1.80 bits per heavy atom. The molecular weight excluding hydrogens is 382 g/mol. The van der Waals surface area contributed by atoms with E-state index in [0.717, 1.165) is 37.9 Å². The van der Waals surface area contributed by atoms with Crippen LogP contribution in [-0.4, -0.2) is 35.4 Å². The second kappa shape index (κ2) is 8.74. The van der Waals surface area contributed by atoms with Crippen LogP contribution in [0.4, 0.5) is 8.78 Å². The molecule has 0 spiro atoms. The van der Waals surface area contributed by atoms with Gasteiger partial charge in [-0.3, -0.25) is 4.90 Å². The van der Waals surface area contributed by atoms with Crippen molar-refractivity contribution in [2.75, 3.05) is 13.1 Å². The van der Waals surface area contributed by atoms with E-state index >= 15 is 0 Å². The molecule has 6 atom stereocenters. The van der Waals surface area contributed by atoms with Crippen molar-refractivity contribution in [1.82, 2.24) is 4.90 Å². The summed E-state index contributed by atoms with van der Waals surface area (Å²) in [5.74, 6) is -0.144. The smallest absolute Gasteiger partial charge is 0.133 e. The highest BCUT2D eigenvalue weighted by Crippen LogP contribution is 2.55. The summed E-state index contributed by atoms with van der Waals surface area (Å²) in [6, 6.07) is 11.7. The summed E-state index contributed by atoms with van der Waals surface area (Å²) in [4.78, 5) is 2.17. The molecule has 1 saturated carbocycles. The van der Waals surface area contributed by atoms with Crippen molar-refractivity contribution in [2.45, 2.75) is 51.3 Å². The minimum Gasteiger partial charge on any atom is -0.378 e. The third kappa shape index (κ3) is 4.16. The van der Waals surface area contributed by atoms with E-state index in [1.54, 1.807) is 6.07 Å². The van der Waals surface area contributed by atoms with E-state index in [9.17, 15) is 13.9 Å². The molecule has 6 unspecified atom stereocenters. The normalized spacial score (nSPS) is 29.3. The predicted molar refractivity (Wildman–Crippen MR) is 116 cm³/mol. The molecule has 1 heterocycles. The maximum atomic E-state index is 14.4. The number of likely N-dealkylation sites (tertiary alicyclic amines) is 1. The summed E-state index contributed by atoms with van der Waals surface area (Å²) >= 11 is 0. The highest BCUT2D eigenvalue weighted by Gasteiger charge is 2.46. The van der Waals surface area contributed by atoms with Gasteiger partial charge in [0.2, 0.25) is 0 Å². The van der Waals surface area contributed by atoms with Gasteiger partial charge in [-0.15, -0.1) is 0 Å². The van der Waals surface area contributed by atoms with E-state index in [0.29, 0.717) is 17.4 Å². The highest BCUT2D eigenvalue weighted by molar-refractivity contribution is 5.70. The lowest BCUT2D eigenvalue weighted by atomic mass is 9.92. The van der Waals surface area contributed by atoms with Crippen LogP contribution in [0.5, 0.6) is 0 Å². The summed E-state index contributed by atoms with van der Waals surface area (Å²) in [5.41, 5.74) is 7.85. The molecule has 2 fully saturated rings. The Kier molecular flexibility index (Phi) is 6.24. The van der Waals surface area contributed by atoms with E-state index in [4.69, 9.17) is 5.73 Å². The van der Waals surface area contributed by atoms with Gasteiger partial charge in [0.15, 0.2) is 0 Å². The Labute approximate surface area is 177 Å². The molecule has 4 rings (SSSR count). The molecular formula is C25H32F2N2O. The third-order valence-electron chi connectivity index (χ3n) is 7.19. The van der Waals surface area contributed by atoms with Crippen molar-refractivity contribution in [3.05, 3.63) is 59.7 Å². The zero-order chi connectivity index (χ0) is 21.4. The molecule has 3 N–H and O–H groups in total. The van der Waals surface area contributed by atoms with Crippen LogP contribution in [0.25, 0.3) is 11.1 Å². The molecule has 1 aliphatic carbocycles. The Bertz CT molecular complexity index is 869. The third-order valence-corrected chi connectivity index (χ3v) is 7.19. The first-order valence-electron chi connectivity index (χ1n) is 11.1. The molecule has 5 heteroatoms. The van der Waals surface area contributed by atoms with Crippen LogP contribution in [0.3, 0.4) is 0 Å². The topological polar surface area (TPSA) is 49.5 Å². The van der Waals surface area contributed by atoms with Gasteiger partial charge in [-0.2, -0.15) is 0 Å². The molecule has 0 amide bonds. The molecule has 162 valence electrons. The van der Waals surface area contributed by atoms with E-state index in [-0.39, 0.29) is 23.4 Å². The molecule has 2 aromatic rings. The van der Waals surface area contributed by atoms with Gasteiger partial charge in [0.1, 0.15) is 17.9 Å².